The summed E-state index contributed by atoms with van der Waals surface area (Å²) in [5, 5.41) is 0. The summed E-state index contributed by atoms with van der Waals surface area (Å²) in [5.74, 6) is 0. The monoisotopic (exact) mass is 254 g/mol. The second-order valence-corrected chi connectivity index (χ2v) is 3.19. The Hall–Kier alpha value is -0.960. The van der Waals surface area contributed by atoms with E-state index in [2.05, 4.69) is 34.7 Å². The third-order valence-electron chi connectivity index (χ3n) is 1.82. The zero-order chi connectivity index (χ0) is 13.8. The van der Waals surface area contributed by atoms with Crippen LogP contribution in [0.3, 0.4) is 0 Å². The SMILES string of the molecule is CC.CC.CC.Cc1ccc(C)c2nsnc12. The number of benzene rings is 1. The van der Waals surface area contributed by atoms with Crippen molar-refractivity contribution in [3.8, 4) is 0 Å². The largest absolute Gasteiger partial charge is 0.173 e. The molecule has 2 aromatic rings. The number of aromatic nitrogens is 2. The molecule has 0 fully saturated rings. The highest BCUT2D eigenvalue weighted by Gasteiger charge is 2.02. The number of rotatable bonds is 0. The van der Waals surface area contributed by atoms with Gasteiger partial charge in [-0.2, -0.15) is 8.75 Å². The highest BCUT2D eigenvalue weighted by molar-refractivity contribution is 7.00. The van der Waals surface area contributed by atoms with Crippen molar-refractivity contribution >= 4 is 22.8 Å². The molecule has 0 saturated carbocycles. The highest BCUT2D eigenvalue weighted by atomic mass is 32.1. The van der Waals surface area contributed by atoms with E-state index in [4.69, 9.17) is 0 Å². The van der Waals surface area contributed by atoms with Gasteiger partial charge in [0.2, 0.25) is 0 Å². The molecule has 0 N–H and O–H groups in total. The summed E-state index contributed by atoms with van der Waals surface area (Å²) in [4.78, 5) is 0. The lowest BCUT2D eigenvalue weighted by molar-refractivity contribution is 1.42. The van der Waals surface area contributed by atoms with Crippen molar-refractivity contribution in [2.24, 2.45) is 0 Å². The van der Waals surface area contributed by atoms with Gasteiger partial charge in [0.1, 0.15) is 11.0 Å². The molecule has 0 atom stereocenters. The quantitative estimate of drug-likeness (QED) is 0.630. The standard InChI is InChI=1S/C8H8N2S.3C2H6/c1-5-3-4-6(2)8-7(5)9-11-10-8;3*1-2/h3-4H,1-2H3;3*1-2H3. The van der Waals surface area contributed by atoms with Crippen LogP contribution in [0.1, 0.15) is 52.7 Å². The van der Waals surface area contributed by atoms with Crippen LogP contribution in [0.25, 0.3) is 11.0 Å². The predicted octanol–water partition coefficient (Wildman–Crippen LogP) is 5.39. The second kappa shape index (κ2) is 11.5. The molecule has 0 aliphatic heterocycles. The minimum absolute atomic E-state index is 1.05. The van der Waals surface area contributed by atoms with Gasteiger partial charge >= 0.3 is 0 Å². The van der Waals surface area contributed by atoms with Crippen molar-refractivity contribution in [1.82, 2.24) is 8.75 Å². The zero-order valence-electron chi connectivity index (χ0n) is 12.5. The van der Waals surface area contributed by atoms with Gasteiger partial charge in [-0.25, -0.2) is 0 Å². The Morgan fingerprint density at radius 2 is 1.00 bits per heavy atom. The number of aryl methyl sites for hydroxylation is 2. The fourth-order valence-electron chi connectivity index (χ4n) is 1.11. The smallest absolute Gasteiger partial charge is 0.107 e. The second-order valence-electron chi connectivity index (χ2n) is 2.66. The lowest BCUT2D eigenvalue weighted by Gasteiger charge is -1.94. The van der Waals surface area contributed by atoms with Crippen LogP contribution in [0, 0.1) is 13.8 Å². The Labute approximate surface area is 110 Å². The predicted molar refractivity (Wildman–Crippen MR) is 80.9 cm³/mol. The first-order valence-electron chi connectivity index (χ1n) is 6.47. The van der Waals surface area contributed by atoms with Crippen molar-refractivity contribution in [3.63, 3.8) is 0 Å². The maximum atomic E-state index is 4.21. The van der Waals surface area contributed by atoms with E-state index in [1.54, 1.807) is 0 Å². The molecular formula is C14H26N2S. The molecule has 2 nitrogen and oxygen atoms in total. The molecule has 98 valence electrons. The number of hydrogen-bond acceptors (Lipinski definition) is 3. The van der Waals surface area contributed by atoms with Crippen LogP contribution in [-0.4, -0.2) is 8.75 Å². The molecule has 0 spiro atoms. The van der Waals surface area contributed by atoms with Gasteiger partial charge in [0, 0.05) is 0 Å². The van der Waals surface area contributed by atoms with Gasteiger partial charge in [-0.1, -0.05) is 53.7 Å². The van der Waals surface area contributed by atoms with Crippen LogP contribution in [-0.2, 0) is 0 Å². The van der Waals surface area contributed by atoms with Gasteiger partial charge in [0.25, 0.3) is 0 Å². The van der Waals surface area contributed by atoms with E-state index in [9.17, 15) is 0 Å². The molecule has 17 heavy (non-hydrogen) atoms. The fourth-order valence-corrected chi connectivity index (χ4v) is 1.78. The number of hydrogen-bond donors (Lipinski definition) is 0. The summed E-state index contributed by atoms with van der Waals surface area (Å²) in [6.07, 6.45) is 0. The molecule has 1 aromatic heterocycles. The maximum Gasteiger partial charge on any atom is 0.107 e. The van der Waals surface area contributed by atoms with E-state index < -0.39 is 0 Å². The molecule has 0 bridgehead atoms. The minimum atomic E-state index is 1.05. The average Bonchev–Trinajstić information content (AvgIpc) is 2.92. The lowest BCUT2D eigenvalue weighted by Crippen LogP contribution is -1.79. The van der Waals surface area contributed by atoms with Crippen molar-refractivity contribution in [2.75, 3.05) is 0 Å². The van der Waals surface area contributed by atoms with E-state index in [0.717, 1.165) is 11.0 Å². The Balaban J connectivity index is 0. The Kier molecular flexibility index (Phi) is 12.5. The van der Waals surface area contributed by atoms with E-state index in [-0.39, 0.29) is 0 Å². The Morgan fingerprint density at radius 1 is 0.706 bits per heavy atom. The van der Waals surface area contributed by atoms with Crippen molar-refractivity contribution in [3.05, 3.63) is 23.3 Å². The van der Waals surface area contributed by atoms with Gasteiger partial charge in [-0.05, 0) is 25.0 Å². The first kappa shape index (κ1) is 18.4. The third kappa shape index (κ3) is 5.26. The van der Waals surface area contributed by atoms with Crippen LogP contribution >= 0.6 is 11.7 Å². The van der Waals surface area contributed by atoms with Crippen molar-refractivity contribution in [2.45, 2.75) is 55.4 Å². The molecule has 1 aromatic carbocycles. The first-order valence-corrected chi connectivity index (χ1v) is 7.20. The topological polar surface area (TPSA) is 25.8 Å². The number of fused-ring (bicyclic) bond motifs is 1. The van der Waals surface area contributed by atoms with Crippen molar-refractivity contribution in [1.29, 1.82) is 0 Å². The minimum Gasteiger partial charge on any atom is -0.173 e. The summed E-state index contributed by atoms with van der Waals surface area (Å²) < 4.78 is 8.42. The van der Waals surface area contributed by atoms with E-state index in [0.29, 0.717) is 0 Å². The molecule has 0 unspecified atom stereocenters. The first-order chi connectivity index (χ1) is 8.29. The summed E-state index contributed by atoms with van der Waals surface area (Å²) in [6, 6.07) is 4.16. The van der Waals surface area contributed by atoms with Gasteiger partial charge in [-0.3, -0.25) is 0 Å². The molecule has 0 radical (unpaired) electrons. The maximum absolute atomic E-state index is 4.21. The van der Waals surface area contributed by atoms with Gasteiger partial charge in [-0.15, -0.1) is 0 Å². The molecule has 2 rings (SSSR count). The molecule has 1 heterocycles. The van der Waals surface area contributed by atoms with Crippen LogP contribution in [0.15, 0.2) is 12.1 Å². The molecule has 0 aliphatic rings. The van der Waals surface area contributed by atoms with Crippen molar-refractivity contribution < 1.29 is 0 Å². The zero-order valence-corrected chi connectivity index (χ0v) is 13.3. The van der Waals surface area contributed by atoms with E-state index >= 15 is 0 Å². The van der Waals surface area contributed by atoms with Gasteiger partial charge in [0.15, 0.2) is 0 Å². The fraction of sp³-hybridized carbons (Fsp3) is 0.571. The lowest BCUT2D eigenvalue weighted by atomic mass is 10.1. The molecule has 0 aliphatic carbocycles. The third-order valence-corrected chi connectivity index (χ3v) is 2.35. The molecular weight excluding hydrogens is 228 g/mol. The summed E-state index contributed by atoms with van der Waals surface area (Å²) in [5.41, 5.74) is 4.52. The normalized spacial score (nSPS) is 8.00. The summed E-state index contributed by atoms with van der Waals surface area (Å²) in [6.45, 7) is 16.1. The van der Waals surface area contributed by atoms with E-state index in [1.165, 1.54) is 22.9 Å². The van der Waals surface area contributed by atoms with E-state index in [1.807, 2.05) is 41.5 Å². The number of nitrogens with zero attached hydrogens (tertiary/aromatic N) is 2. The van der Waals surface area contributed by atoms with Crippen LogP contribution in [0.5, 0.6) is 0 Å². The Morgan fingerprint density at radius 3 is 1.29 bits per heavy atom. The highest BCUT2D eigenvalue weighted by Crippen LogP contribution is 2.18. The Bertz CT molecular complexity index is 358. The molecule has 3 heteroatoms. The van der Waals surface area contributed by atoms with Gasteiger partial charge < -0.3 is 0 Å². The molecule has 0 amide bonds. The van der Waals surface area contributed by atoms with Crippen LogP contribution in [0.2, 0.25) is 0 Å². The molecule has 0 saturated heterocycles. The van der Waals surface area contributed by atoms with Crippen LogP contribution in [0.4, 0.5) is 0 Å². The average molecular weight is 254 g/mol. The van der Waals surface area contributed by atoms with Crippen LogP contribution < -0.4 is 0 Å². The summed E-state index contributed by atoms with van der Waals surface area (Å²) >= 11 is 1.28. The summed E-state index contributed by atoms with van der Waals surface area (Å²) in [7, 11) is 0. The van der Waals surface area contributed by atoms with Gasteiger partial charge in [0.05, 0.1) is 11.7 Å².